The highest BCUT2D eigenvalue weighted by Gasteiger charge is 2.40. The molecular weight excluding hydrogens is 361 g/mol. The third-order valence-corrected chi connectivity index (χ3v) is 4.72. The lowest BCUT2D eigenvalue weighted by atomic mass is 9.88. The Kier molecular flexibility index (Phi) is 5.36. The number of nitrogens with one attached hydrogen (secondary N) is 2. The summed E-state index contributed by atoms with van der Waals surface area (Å²) in [5.41, 5.74) is 3.84. The van der Waals surface area contributed by atoms with E-state index < -0.39 is 11.8 Å². The molecule has 1 fully saturated rings. The quantitative estimate of drug-likeness (QED) is 0.489. The first-order valence-electron chi connectivity index (χ1n) is 7.67. The Morgan fingerprint density at radius 3 is 2.48 bits per heavy atom. The van der Waals surface area contributed by atoms with E-state index in [4.69, 9.17) is 23.2 Å². The highest BCUT2D eigenvalue weighted by atomic mass is 35.5. The molecule has 0 aliphatic carbocycles. The molecule has 25 heavy (non-hydrogen) atoms. The maximum atomic E-state index is 12.4. The molecule has 0 spiro atoms. The molecule has 1 aliphatic rings. The molecule has 0 aromatic heterocycles. The predicted octanol–water partition coefficient (Wildman–Crippen LogP) is 2.97. The number of amides is 2. The van der Waals surface area contributed by atoms with Crippen molar-refractivity contribution in [3.63, 3.8) is 0 Å². The van der Waals surface area contributed by atoms with Crippen LogP contribution in [-0.2, 0) is 9.59 Å². The maximum absolute atomic E-state index is 12.4. The third-order valence-electron chi connectivity index (χ3n) is 4.06. The molecule has 5 nitrogen and oxygen atoms in total. The average Bonchev–Trinajstić information content (AvgIpc) is 3.00. The van der Waals surface area contributed by atoms with Gasteiger partial charge in [-0.15, -0.1) is 0 Å². The minimum atomic E-state index is -0.832. The van der Waals surface area contributed by atoms with Gasteiger partial charge in [-0.3, -0.25) is 9.59 Å². The van der Waals surface area contributed by atoms with Crippen LogP contribution < -0.4 is 10.7 Å². The van der Waals surface area contributed by atoms with Crippen LogP contribution in [0.4, 0.5) is 0 Å². The van der Waals surface area contributed by atoms with E-state index in [1.807, 2.05) is 30.3 Å². The van der Waals surface area contributed by atoms with Crippen LogP contribution in [0.15, 0.2) is 53.6 Å². The number of hydrazone groups is 1. The Morgan fingerprint density at radius 2 is 1.80 bits per heavy atom. The molecule has 2 aromatic carbocycles. The van der Waals surface area contributed by atoms with E-state index in [0.717, 1.165) is 5.56 Å². The lowest BCUT2D eigenvalue weighted by Gasteiger charge is -2.15. The summed E-state index contributed by atoms with van der Waals surface area (Å²) in [6, 6.07) is 14.5. The molecule has 1 saturated heterocycles. The van der Waals surface area contributed by atoms with Crippen molar-refractivity contribution < 1.29 is 9.59 Å². The van der Waals surface area contributed by atoms with Crippen LogP contribution in [0.2, 0.25) is 10.0 Å². The van der Waals surface area contributed by atoms with Gasteiger partial charge in [-0.2, -0.15) is 5.10 Å². The van der Waals surface area contributed by atoms with Crippen molar-refractivity contribution in [2.45, 2.75) is 5.92 Å². The standard InChI is InChI=1S/C18H15Cl2N3O2/c19-14-7-4-8-15(20)13(14)10-22-23-18(25)16-12(9-21-17(16)24)11-5-2-1-3-6-11/h1-8,10,12,16H,9H2,(H,21,24)(H,23,25)/b22-10-. The summed E-state index contributed by atoms with van der Waals surface area (Å²) < 4.78 is 0. The molecule has 2 unspecified atom stereocenters. The van der Waals surface area contributed by atoms with Crippen molar-refractivity contribution in [3.8, 4) is 0 Å². The fourth-order valence-electron chi connectivity index (χ4n) is 2.80. The van der Waals surface area contributed by atoms with Crippen LogP contribution in [0.3, 0.4) is 0 Å². The Labute approximate surface area is 155 Å². The summed E-state index contributed by atoms with van der Waals surface area (Å²) in [6.07, 6.45) is 1.37. The highest BCUT2D eigenvalue weighted by molar-refractivity contribution is 6.38. The predicted molar refractivity (Wildman–Crippen MR) is 97.9 cm³/mol. The zero-order valence-corrected chi connectivity index (χ0v) is 14.6. The Hall–Kier alpha value is -2.37. The molecule has 0 radical (unpaired) electrons. The molecule has 2 N–H and O–H groups in total. The minimum absolute atomic E-state index is 0.229. The van der Waals surface area contributed by atoms with E-state index in [-0.39, 0.29) is 11.8 Å². The van der Waals surface area contributed by atoms with Crippen LogP contribution in [0, 0.1) is 5.92 Å². The van der Waals surface area contributed by atoms with Gasteiger partial charge in [-0.1, -0.05) is 59.6 Å². The summed E-state index contributed by atoms with van der Waals surface area (Å²) in [5.74, 6) is -1.84. The fourth-order valence-corrected chi connectivity index (χ4v) is 3.29. The second-order valence-electron chi connectivity index (χ2n) is 5.61. The van der Waals surface area contributed by atoms with Gasteiger partial charge in [0.25, 0.3) is 5.91 Å². The second-order valence-corrected chi connectivity index (χ2v) is 6.42. The van der Waals surface area contributed by atoms with E-state index in [2.05, 4.69) is 15.8 Å². The molecule has 3 rings (SSSR count). The maximum Gasteiger partial charge on any atom is 0.253 e. The van der Waals surface area contributed by atoms with Crippen molar-refractivity contribution in [1.29, 1.82) is 0 Å². The van der Waals surface area contributed by atoms with E-state index in [0.29, 0.717) is 22.2 Å². The Balaban J connectivity index is 1.73. The Morgan fingerprint density at radius 1 is 1.12 bits per heavy atom. The molecule has 0 bridgehead atoms. The van der Waals surface area contributed by atoms with Crippen molar-refractivity contribution in [1.82, 2.24) is 10.7 Å². The van der Waals surface area contributed by atoms with Crippen molar-refractivity contribution in [2.24, 2.45) is 11.0 Å². The number of hydrogen-bond donors (Lipinski definition) is 2. The van der Waals surface area contributed by atoms with Gasteiger partial charge in [0, 0.05) is 18.0 Å². The highest BCUT2D eigenvalue weighted by Crippen LogP contribution is 2.29. The normalized spacial score (nSPS) is 19.8. The van der Waals surface area contributed by atoms with Gasteiger partial charge in [0.1, 0.15) is 5.92 Å². The van der Waals surface area contributed by atoms with Crippen molar-refractivity contribution >= 4 is 41.2 Å². The van der Waals surface area contributed by atoms with Crippen molar-refractivity contribution in [2.75, 3.05) is 6.54 Å². The van der Waals surface area contributed by atoms with Gasteiger partial charge >= 0.3 is 0 Å². The van der Waals surface area contributed by atoms with E-state index in [9.17, 15) is 9.59 Å². The minimum Gasteiger partial charge on any atom is -0.355 e. The van der Waals surface area contributed by atoms with Crippen molar-refractivity contribution in [3.05, 3.63) is 69.7 Å². The van der Waals surface area contributed by atoms with E-state index >= 15 is 0 Å². The lowest BCUT2D eigenvalue weighted by molar-refractivity contribution is -0.133. The van der Waals surface area contributed by atoms with Crippen LogP contribution in [0.5, 0.6) is 0 Å². The summed E-state index contributed by atoms with van der Waals surface area (Å²) in [7, 11) is 0. The largest absolute Gasteiger partial charge is 0.355 e. The van der Waals surface area contributed by atoms with Crippen LogP contribution in [0.1, 0.15) is 17.0 Å². The number of carbonyl (C=O) groups is 2. The monoisotopic (exact) mass is 375 g/mol. The number of nitrogens with zero attached hydrogens (tertiary/aromatic N) is 1. The first kappa shape index (κ1) is 17.5. The summed E-state index contributed by atoms with van der Waals surface area (Å²) in [4.78, 5) is 24.5. The van der Waals surface area contributed by atoms with Gasteiger partial charge in [0.2, 0.25) is 5.91 Å². The second kappa shape index (κ2) is 7.68. The van der Waals surface area contributed by atoms with E-state index in [1.54, 1.807) is 18.2 Å². The molecule has 128 valence electrons. The topological polar surface area (TPSA) is 70.6 Å². The van der Waals surface area contributed by atoms with Crippen LogP contribution in [0.25, 0.3) is 0 Å². The van der Waals surface area contributed by atoms with Crippen LogP contribution >= 0.6 is 23.2 Å². The molecule has 7 heteroatoms. The molecule has 0 saturated carbocycles. The number of benzene rings is 2. The number of rotatable bonds is 4. The SMILES string of the molecule is O=C1NCC(c2ccccc2)C1C(=O)N/N=C\c1c(Cl)cccc1Cl. The summed E-state index contributed by atoms with van der Waals surface area (Å²) >= 11 is 12.1. The van der Waals surface area contributed by atoms with Crippen LogP contribution in [-0.4, -0.2) is 24.6 Å². The third kappa shape index (κ3) is 3.83. The molecule has 2 amide bonds. The average molecular weight is 376 g/mol. The lowest BCUT2D eigenvalue weighted by Crippen LogP contribution is -2.34. The number of halogens is 2. The Bertz CT molecular complexity index is 804. The molecule has 2 aromatic rings. The zero-order chi connectivity index (χ0) is 17.8. The van der Waals surface area contributed by atoms with E-state index in [1.165, 1.54) is 6.21 Å². The molecule has 1 heterocycles. The number of carbonyl (C=O) groups excluding carboxylic acids is 2. The van der Waals surface area contributed by atoms with Gasteiger partial charge < -0.3 is 5.32 Å². The fraction of sp³-hybridized carbons (Fsp3) is 0.167. The molecular formula is C18H15Cl2N3O2. The van der Waals surface area contributed by atoms with Gasteiger partial charge in [-0.05, 0) is 17.7 Å². The molecule has 2 atom stereocenters. The zero-order valence-electron chi connectivity index (χ0n) is 13.1. The number of hydrogen-bond acceptors (Lipinski definition) is 3. The first-order chi connectivity index (χ1) is 12.1. The summed E-state index contributed by atoms with van der Waals surface area (Å²) in [6.45, 7) is 0.418. The first-order valence-corrected chi connectivity index (χ1v) is 8.43. The van der Waals surface area contributed by atoms with Gasteiger partial charge in [0.15, 0.2) is 0 Å². The molecule has 1 aliphatic heterocycles. The van der Waals surface area contributed by atoms with Gasteiger partial charge in [-0.25, -0.2) is 5.43 Å². The summed E-state index contributed by atoms with van der Waals surface area (Å²) in [5, 5.41) is 7.47. The smallest absolute Gasteiger partial charge is 0.253 e. The van der Waals surface area contributed by atoms with Gasteiger partial charge in [0.05, 0.1) is 16.3 Å².